The minimum atomic E-state index is -0.218. The summed E-state index contributed by atoms with van der Waals surface area (Å²) in [5.41, 5.74) is 0.859. The second kappa shape index (κ2) is 13.2. The number of ether oxygens (including phenoxy) is 1. The van der Waals surface area contributed by atoms with Gasteiger partial charge in [0.05, 0.1) is 17.5 Å². The zero-order chi connectivity index (χ0) is 27.2. The van der Waals surface area contributed by atoms with E-state index in [0.29, 0.717) is 17.8 Å². The van der Waals surface area contributed by atoms with Gasteiger partial charge >= 0.3 is 0 Å². The molecule has 0 saturated heterocycles. The lowest BCUT2D eigenvalue weighted by atomic mass is 9.75. The van der Waals surface area contributed by atoms with Gasteiger partial charge in [0.2, 0.25) is 0 Å². The minimum absolute atomic E-state index is 0.0284. The number of rotatable bonds is 1. The first kappa shape index (κ1) is 29.6. The second-order valence-corrected chi connectivity index (χ2v) is 12.5. The van der Waals surface area contributed by atoms with Crippen molar-refractivity contribution in [2.24, 2.45) is 11.8 Å². The number of ketones is 3. The van der Waals surface area contributed by atoms with Gasteiger partial charge in [0.25, 0.3) is 0 Å². The highest BCUT2D eigenvalue weighted by Gasteiger charge is 2.42. The van der Waals surface area contributed by atoms with E-state index < -0.39 is 0 Å². The quantitative estimate of drug-likeness (QED) is 0.318. The summed E-state index contributed by atoms with van der Waals surface area (Å²) in [7, 11) is 0. The Bertz CT molecular complexity index is 1120. The molecule has 1 heterocycles. The third-order valence-corrected chi connectivity index (χ3v) is 8.39. The minimum Gasteiger partial charge on any atom is -0.507 e. The molecule has 3 aliphatic rings. The van der Waals surface area contributed by atoms with Crippen molar-refractivity contribution in [3.05, 3.63) is 56.5 Å². The topological polar surface area (TPSA) is 80.7 Å². The number of phenols is 1. The molecule has 2 aliphatic carbocycles. The van der Waals surface area contributed by atoms with Crippen LogP contribution in [0.5, 0.6) is 11.5 Å². The first-order valence-corrected chi connectivity index (χ1v) is 14.6. The van der Waals surface area contributed by atoms with Crippen LogP contribution >= 0.6 is 31.9 Å². The lowest BCUT2D eigenvalue weighted by molar-refractivity contribution is -0.120. The summed E-state index contributed by atoms with van der Waals surface area (Å²) in [6.45, 7) is 5.91. The molecule has 2 aromatic rings. The fourth-order valence-corrected chi connectivity index (χ4v) is 5.63. The number of carbonyl (C=O) groups is 3. The van der Waals surface area contributed by atoms with Crippen LogP contribution in [0.25, 0.3) is 0 Å². The Hall–Kier alpha value is -1.99. The molecule has 5 rings (SSSR count). The largest absolute Gasteiger partial charge is 0.507 e. The van der Waals surface area contributed by atoms with Gasteiger partial charge in [-0.3, -0.25) is 14.4 Å². The molecule has 0 bridgehead atoms. The summed E-state index contributed by atoms with van der Waals surface area (Å²) in [4.78, 5) is 33.7. The van der Waals surface area contributed by atoms with E-state index in [2.05, 4.69) is 45.7 Å². The lowest BCUT2D eigenvalue weighted by Gasteiger charge is -2.42. The molecular formula is C30H36Br2O5. The first-order valence-electron chi connectivity index (χ1n) is 13.0. The first-order chi connectivity index (χ1) is 17.5. The summed E-state index contributed by atoms with van der Waals surface area (Å²) in [5.74, 6) is 2.91. The average molecular weight is 636 g/mol. The molecule has 0 aromatic heterocycles. The van der Waals surface area contributed by atoms with Crippen molar-refractivity contribution in [1.82, 2.24) is 0 Å². The maximum atomic E-state index is 12.3. The highest BCUT2D eigenvalue weighted by atomic mass is 79.9. The molecule has 0 amide bonds. The van der Waals surface area contributed by atoms with Gasteiger partial charge in [-0.05, 0) is 93.7 Å². The molecule has 2 aromatic carbocycles. The summed E-state index contributed by atoms with van der Waals surface area (Å²) in [6.07, 6.45) is 8.81. The third-order valence-electron chi connectivity index (χ3n) is 7.41. The maximum absolute atomic E-state index is 12.3. The van der Waals surface area contributed by atoms with Gasteiger partial charge in [-0.25, -0.2) is 0 Å². The Balaban J connectivity index is 0.000000171. The summed E-state index contributed by atoms with van der Waals surface area (Å²) < 4.78 is 7.92. The molecule has 0 unspecified atom stereocenters. The molecule has 0 radical (unpaired) electrons. The number of carbonyl (C=O) groups excluding carboxylic acids is 3. The fraction of sp³-hybridized carbons (Fsp3) is 0.500. The van der Waals surface area contributed by atoms with Crippen LogP contribution in [-0.4, -0.2) is 28.1 Å². The Morgan fingerprint density at radius 1 is 0.919 bits per heavy atom. The van der Waals surface area contributed by atoms with Gasteiger partial charge in [0, 0.05) is 21.8 Å². The molecule has 7 heteroatoms. The smallest absolute Gasteiger partial charge is 0.170 e. The predicted molar refractivity (Wildman–Crippen MR) is 153 cm³/mol. The molecule has 5 nitrogen and oxygen atoms in total. The van der Waals surface area contributed by atoms with Gasteiger partial charge in [-0.1, -0.05) is 45.7 Å². The summed E-state index contributed by atoms with van der Waals surface area (Å²) >= 11 is 6.61. The molecule has 1 N–H and O–H groups in total. The van der Waals surface area contributed by atoms with Gasteiger partial charge in [0.15, 0.2) is 11.6 Å². The molecule has 2 saturated carbocycles. The number of hydrogen-bond donors (Lipinski definition) is 1. The van der Waals surface area contributed by atoms with Gasteiger partial charge < -0.3 is 9.84 Å². The molecule has 37 heavy (non-hydrogen) atoms. The van der Waals surface area contributed by atoms with E-state index in [1.165, 1.54) is 25.8 Å². The van der Waals surface area contributed by atoms with E-state index >= 15 is 0 Å². The van der Waals surface area contributed by atoms with Crippen molar-refractivity contribution in [3.63, 3.8) is 0 Å². The number of phenolic OH excluding ortho intramolecular Hbond substituents is 1. The summed E-state index contributed by atoms with van der Waals surface area (Å²) in [5, 5.41) is 9.16. The highest BCUT2D eigenvalue weighted by Crippen LogP contribution is 2.43. The van der Waals surface area contributed by atoms with Crippen molar-refractivity contribution in [3.8, 4) is 11.5 Å². The third kappa shape index (κ3) is 8.51. The molecule has 0 atom stereocenters. The van der Waals surface area contributed by atoms with E-state index in [-0.39, 0.29) is 22.9 Å². The summed E-state index contributed by atoms with van der Waals surface area (Å²) in [6, 6.07) is 10.5. The zero-order valence-corrected chi connectivity index (χ0v) is 25.0. The monoisotopic (exact) mass is 634 g/mol. The SMILES string of the molecule is CC(=O)c1cc(Br)ccc1O.CC1CCC(=O)CC1.CC1CCC2(CC1)CC(=O)c1cc(Br)ccc1O2. The van der Waals surface area contributed by atoms with E-state index in [1.54, 1.807) is 12.1 Å². The van der Waals surface area contributed by atoms with Crippen LogP contribution in [0.15, 0.2) is 45.3 Å². The predicted octanol–water partition coefficient (Wildman–Crippen LogP) is 8.49. The standard InChI is InChI=1S/C15H17BrO2.C8H7BrO2.C7H12O/c1-10-4-6-15(7-5-10)9-13(17)12-8-11(16)2-3-14(12)18-15;1-5(10)7-4-6(9)2-3-8(7)11;1-6-2-4-7(8)5-3-6/h2-3,8,10H,4-7,9H2,1H3;2-4,11H,1H3;6H,2-5H2,1H3. The number of hydrogen-bond acceptors (Lipinski definition) is 5. The van der Waals surface area contributed by atoms with Crippen LogP contribution in [0.2, 0.25) is 0 Å². The van der Waals surface area contributed by atoms with Crippen molar-refractivity contribution in [2.45, 2.75) is 84.2 Å². The van der Waals surface area contributed by atoms with Crippen LogP contribution < -0.4 is 4.74 Å². The van der Waals surface area contributed by atoms with Crippen LogP contribution in [0, 0.1) is 11.8 Å². The number of halogens is 2. The van der Waals surface area contributed by atoms with E-state index in [9.17, 15) is 14.4 Å². The Morgan fingerprint density at radius 2 is 1.49 bits per heavy atom. The normalized spacial score (nSPS) is 23.1. The number of benzene rings is 2. The van der Waals surface area contributed by atoms with E-state index in [0.717, 1.165) is 70.6 Å². The number of aromatic hydroxyl groups is 1. The van der Waals surface area contributed by atoms with Crippen LogP contribution in [0.4, 0.5) is 0 Å². The lowest BCUT2D eigenvalue weighted by Crippen LogP contribution is -2.44. The van der Waals surface area contributed by atoms with Gasteiger partial charge in [0.1, 0.15) is 22.9 Å². The Labute approximate surface area is 236 Å². The zero-order valence-electron chi connectivity index (χ0n) is 21.8. The van der Waals surface area contributed by atoms with Crippen molar-refractivity contribution in [2.75, 3.05) is 0 Å². The van der Waals surface area contributed by atoms with Gasteiger partial charge in [-0.2, -0.15) is 0 Å². The van der Waals surface area contributed by atoms with E-state index in [1.807, 2.05) is 18.2 Å². The molecule has 200 valence electrons. The van der Waals surface area contributed by atoms with Crippen molar-refractivity contribution in [1.29, 1.82) is 0 Å². The van der Waals surface area contributed by atoms with Crippen molar-refractivity contribution < 1.29 is 24.2 Å². The average Bonchev–Trinajstić information content (AvgIpc) is 2.86. The van der Waals surface area contributed by atoms with Crippen LogP contribution in [0.1, 0.15) is 99.3 Å². The van der Waals surface area contributed by atoms with Crippen molar-refractivity contribution >= 4 is 49.2 Å². The van der Waals surface area contributed by atoms with Crippen LogP contribution in [0.3, 0.4) is 0 Å². The molecule has 2 fully saturated rings. The Morgan fingerprint density at radius 3 is 2.05 bits per heavy atom. The number of fused-ring (bicyclic) bond motifs is 1. The number of Topliss-reactive ketones (excluding diaryl/α,β-unsaturated/α-hetero) is 3. The Kier molecular flexibility index (Phi) is 10.5. The van der Waals surface area contributed by atoms with Gasteiger partial charge in [-0.15, -0.1) is 0 Å². The van der Waals surface area contributed by atoms with Crippen LogP contribution in [-0.2, 0) is 4.79 Å². The van der Waals surface area contributed by atoms with E-state index in [4.69, 9.17) is 9.84 Å². The fourth-order valence-electron chi connectivity index (χ4n) is 4.91. The molecule has 1 aliphatic heterocycles. The maximum Gasteiger partial charge on any atom is 0.170 e. The highest BCUT2D eigenvalue weighted by molar-refractivity contribution is 9.10. The molecule has 1 spiro atoms. The second-order valence-electron chi connectivity index (χ2n) is 10.6. The molecular weight excluding hydrogens is 600 g/mol.